The van der Waals surface area contributed by atoms with Gasteiger partial charge in [-0.25, -0.2) is 14.5 Å². The molecule has 10 nitrogen and oxygen atoms in total. The van der Waals surface area contributed by atoms with Crippen molar-refractivity contribution >= 4 is 28.8 Å². The summed E-state index contributed by atoms with van der Waals surface area (Å²) in [4.78, 5) is 23.9. The molecular weight excluding hydrogens is 542 g/mol. The molecular formula is C30H30ClN7O3. The zero-order chi connectivity index (χ0) is 28.7. The highest BCUT2D eigenvalue weighted by atomic mass is 35.5. The van der Waals surface area contributed by atoms with Gasteiger partial charge in [0.2, 0.25) is 0 Å². The Labute approximate surface area is 242 Å². The summed E-state index contributed by atoms with van der Waals surface area (Å²) in [5, 5.41) is 27.5. The summed E-state index contributed by atoms with van der Waals surface area (Å²) >= 11 is 6.14. The lowest BCUT2D eigenvalue weighted by Gasteiger charge is -2.21. The molecule has 210 valence electrons. The number of nitrogens with zero attached hydrogens (tertiary/aromatic N) is 6. The van der Waals surface area contributed by atoms with Crippen LogP contribution in [-0.2, 0) is 0 Å². The number of ether oxygens (including phenoxy) is 1. The van der Waals surface area contributed by atoms with Gasteiger partial charge in [0.1, 0.15) is 29.9 Å². The summed E-state index contributed by atoms with van der Waals surface area (Å²) in [6, 6.07) is 11.6. The normalized spacial score (nSPS) is 20.2. The molecule has 1 unspecified atom stereocenters. The minimum atomic E-state index is -0.993. The summed E-state index contributed by atoms with van der Waals surface area (Å²) in [5.74, 6) is 2.13. The van der Waals surface area contributed by atoms with Crippen LogP contribution in [0, 0.1) is 23.2 Å². The first-order chi connectivity index (χ1) is 19.7. The second kappa shape index (κ2) is 10.7. The number of carbonyl (C=O) groups excluding carboxylic acids is 1. The molecule has 0 bridgehead atoms. The number of aromatic nitrogens is 4. The Balaban J connectivity index is 1.15. The van der Waals surface area contributed by atoms with Crippen molar-refractivity contribution in [3.63, 3.8) is 0 Å². The molecule has 5 heterocycles. The molecule has 2 N–H and O–H groups in total. The molecule has 11 heteroatoms. The van der Waals surface area contributed by atoms with Gasteiger partial charge in [0.05, 0.1) is 34.1 Å². The van der Waals surface area contributed by atoms with E-state index >= 15 is 0 Å². The van der Waals surface area contributed by atoms with Gasteiger partial charge in [-0.1, -0.05) is 11.6 Å². The lowest BCUT2D eigenvalue weighted by atomic mass is 10.0. The fourth-order valence-electron chi connectivity index (χ4n) is 5.88. The molecule has 2 aliphatic rings. The van der Waals surface area contributed by atoms with E-state index in [1.165, 1.54) is 6.20 Å². The van der Waals surface area contributed by atoms with E-state index in [2.05, 4.69) is 26.4 Å². The highest BCUT2D eigenvalue weighted by molar-refractivity contribution is 6.33. The van der Waals surface area contributed by atoms with Gasteiger partial charge >= 0.3 is 0 Å². The number of amides is 1. The smallest absolute Gasteiger partial charge is 0.271 e. The molecule has 1 aliphatic carbocycles. The Morgan fingerprint density at radius 1 is 1.22 bits per heavy atom. The van der Waals surface area contributed by atoms with E-state index in [1.54, 1.807) is 42.9 Å². The number of anilines is 1. The molecule has 6 rings (SSSR count). The number of rotatable bonds is 7. The molecule has 0 spiro atoms. The largest absolute Gasteiger partial charge is 0.489 e. The van der Waals surface area contributed by atoms with Crippen LogP contribution < -0.4 is 15.0 Å². The Hall–Kier alpha value is -4.20. The van der Waals surface area contributed by atoms with Gasteiger partial charge in [0, 0.05) is 42.7 Å². The minimum Gasteiger partial charge on any atom is -0.489 e. The predicted molar refractivity (Wildman–Crippen MR) is 154 cm³/mol. The quantitative estimate of drug-likeness (QED) is 0.339. The fourth-order valence-corrected chi connectivity index (χ4v) is 6.09. The highest BCUT2D eigenvalue weighted by Crippen LogP contribution is 2.40. The van der Waals surface area contributed by atoms with Gasteiger partial charge in [-0.3, -0.25) is 4.79 Å². The lowest BCUT2D eigenvalue weighted by molar-refractivity contribution is 0.0283. The molecule has 4 aromatic heterocycles. The van der Waals surface area contributed by atoms with E-state index in [0.717, 1.165) is 42.9 Å². The van der Waals surface area contributed by atoms with Crippen molar-refractivity contribution in [3.05, 3.63) is 71.4 Å². The van der Waals surface area contributed by atoms with Crippen molar-refractivity contribution in [2.75, 3.05) is 24.6 Å². The van der Waals surface area contributed by atoms with Gasteiger partial charge in [0.25, 0.3) is 5.91 Å². The van der Waals surface area contributed by atoms with Crippen molar-refractivity contribution in [2.45, 2.75) is 38.3 Å². The molecule has 1 saturated heterocycles. The number of nitriles is 1. The number of pyridine rings is 3. The number of aliphatic hydroxyl groups is 1. The van der Waals surface area contributed by atoms with Crippen molar-refractivity contribution < 1.29 is 14.6 Å². The van der Waals surface area contributed by atoms with Crippen LogP contribution in [0.15, 0.2) is 55.1 Å². The van der Waals surface area contributed by atoms with E-state index in [9.17, 15) is 15.2 Å². The van der Waals surface area contributed by atoms with Gasteiger partial charge in [-0.05, 0) is 68.9 Å². The van der Waals surface area contributed by atoms with Crippen LogP contribution in [0.1, 0.15) is 42.7 Å². The summed E-state index contributed by atoms with van der Waals surface area (Å²) in [5.41, 5.74) is 2.01. The second-order valence-corrected chi connectivity index (χ2v) is 11.9. The zero-order valence-corrected chi connectivity index (χ0v) is 23.5. The summed E-state index contributed by atoms with van der Waals surface area (Å²) in [7, 11) is 0. The third-order valence-electron chi connectivity index (χ3n) is 7.74. The molecule has 3 atom stereocenters. The van der Waals surface area contributed by atoms with Gasteiger partial charge < -0.3 is 20.1 Å². The highest BCUT2D eigenvalue weighted by Gasteiger charge is 2.42. The third kappa shape index (κ3) is 5.56. The number of nitrogens with one attached hydrogen (secondary N) is 1. The topological polar surface area (TPSA) is 129 Å². The van der Waals surface area contributed by atoms with Crippen molar-refractivity contribution in [1.29, 1.82) is 5.26 Å². The fraction of sp³-hybridized carbons (Fsp3) is 0.367. The van der Waals surface area contributed by atoms with Crippen LogP contribution in [0.25, 0.3) is 16.6 Å². The van der Waals surface area contributed by atoms with Crippen LogP contribution in [0.4, 0.5) is 5.82 Å². The van der Waals surface area contributed by atoms with Crippen LogP contribution in [-0.4, -0.2) is 61.9 Å². The first-order valence-electron chi connectivity index (χ1n) is 13.6. The average molecular weight is 572 g/mol. The molecule has 2 fully saturated rings. The van der Waals surface area contributed by atoms with Crippen LogP contribution >= 0.6 is 11.6 Å². The maximum Gasteiger partial charge on any atom is 0.271 e. The second-order valence-electron chi connectivity index (χ2n) is 11.5. The summed E-state index contributed by atoms with van der Waals surface area (Å²) < 4.78 is 7.46. The van der Waals surface area contributed by atoms with E-state index in [4.69, 9.17) is 21.3 Å². The zero-order valence-electron chi connectivity index (χ0n) is 22.8. The van der Waals surface area contributed by atoms with Gasteiger partial charge in [0.15, 0.2) is 0 Å². The van der Waals surface area contributed by atoms with Crippen LogP contribution in [0.3, 0.4) is 0 Å². The first kappa shape index (κ1) is 27.0. The van der Waals surface area contributed by atoms with Crippen molar-refractivity contribution in [2.24, 2.45) is 11.8 Å². The number of carbonyl (C=O) groups is 1. The predicted octanol–water partition coefficient (Wildman–Crippen LogP) is 4.11. The van der Waals surface area contributed by atoms with Crippen LogP contribution in [0.2, 0.25) is 5.02 Å². The Morgan fingerprint density at radius 3 is 2.66 bits per heavy atom. The maximum absolute atomic E-state index is 12.7. The lowest BCUT2D eigenvalue weighted by Crippen LogP contribution is -2.35. The summed E-state index contributed by atoms with van der Waals surface area (Å²) in [6.07, 6.45) is 8.43. The van der Waals surface area contributed by atoms with Gasteiger partial charge in [-0.2, -0.15) is 10.4 Å². The molecule has 0 radical (unpaired) electrons. The van der Waals surface area contributed by atoms with E-state index < -0.39 is 5.60 Å². The molecule has 41 heavy (non-hydrogen) atoms. The van der Waals surface area contributed by atoms with Crippen LogP contribution in [0.5, 0.6) is 5.75 Å². The van der Waals surface area contributed by atoms with Gasteiger partial charge in [-0.15, -0.1) is 0 Å². The summed E-state index contributed by atoms with van der Waals surface area (Å²) in [6.45, 7) is 5.22. The number of hydrogen-bond acceptors (Lipinski definition) is 8. The van der Waals surface area contributed by atoms with E-state index in [1.807, 2.05) is 24.4 Å². The Morgan fingerprint density at radius 2 is 2.00 bits per heavy atom. The number of halogens is 1. The van der Waals surface area contributed by atoms with E-state index in [0.29, 0.717) is 33.7 Å². The third-order valence-corrected chi connectivity index (χ3v) is 8.05. The molecule has 1 saturated carbocycles. The minimum absolute atomic E-state index is 0.103. The standard InChI is InChI=1S/C30H30ClN7O3/c1-30(2,40)17-41-23-10-24(28-21(11-32)13-35-38(28)16-23)18-5-6-26(34-12-18)37-14-19-8-22(9-20(19)15-37)36-29(39)27-25(31)4-3-7-33-27/h3-7,10,12-13,16,19-20,22,40H,8-9,14-15,17H2,1-2H3,(H,36,39)/t19-,20+,22?. The van der Waals surface area contributed by atoms with E-state index in [-0.39, 0.29) is 24.2 Å². The first-order valence-corrected chi connectivity index (χ1v) is 14.0. The molecule has 4 aromatic rings. The maximum atomic E-state index is 12.7. The van der Waals surface area contributed by atoms with Crippen molar-refractivity contribution in [1.82, 2.24) is 24.9 Å². The SMILES string of the molecule is CC(C)(O)COc1cc(-c2ccc(N3C[C@H]4CC(NC(=O)c5ncccc5Cl)C[C@H]4C3)nc2)c2c(C#N)cnn2c1. The Kier molecular flexibility index (Phi) is 7.01. The monoisotopic (exact) mass is 571 g/mol. The molecule has 1 aliphatic heterocycles. The molecule has 0 aromatic carbocycles. The van der Waals surface area contributed by atoms with Crippen molar-refractivity contribution in [3.8, 4) is 22.9 Å². The molecule has 1 amide bonds. The number of hydrogen-bond donors (Lipinski definition) is 2. The average Bonchev–Trinajstić information content (AvgIpc) is 3.64. The number of fused-ring (bicyclic) bond motifs is 2. The Bertz CT molecular complexity index is 1630.